The van der Waals surface area contributed by atoms with Crippen molar-refractivity contribution in [2.24, 2.45) is 0 Å². The minimum absolute atomic E-state index is 0.112. The van der Waals surface area contributed by atoms with Gasteiger partial charge in [-0.3, -0.25) is 4.90 Å². The third-order valence-electron chi connectivity index (χ3n) is 5.12. The van der Waals surface area contributed by atoms with Gasteiger partial charge in [-0.1, -0.05) is 12.1 Å². The summed E-state index contributed by atoms with van der Waals surface area (Å²) in [7, 11) is 1.76. The first kappa shape index (κ1) is 20.6. The van der Waals surface area contributed by atoms with Gasteiger partial charge in [-0.15, -0.1) is 0 Å². The Labute approximate surface area is 171 Å². The monoisotopic (exact) mass is 395 g/mol. The Morgan fingerprint density at radius 3 is 2.38 bits per heavy atom. The summed E-state index contributed by atoms with van der Waals surface area (Å²) in [6.07, 6.45) is 0. The molecule has 152 valence electrons. The van der Waals surface area contributed by atoms with Crippen LogP contribution in [0.25, 0.3) is 0 Å². The van der Waals surface area contributed by atoms with Gasteiger partial charge < -0.3 is 15.1 Å². The summed E-state index contributed by atoms with van der Waals surface area (Å²) in [5, 5.41) is 11.8. The Morgan fingerprint density at radius 2 is 1.76 bits per heavy atom. The lowest BCUT2D eigenvalue weighted by molar-refractivity contribution is 0.202. The van der Waals surface area contributed by atoms with Crippen molar-refractivity contribution in [2.45, 2.75) is 6.54 Å². The summed E-state index contributed by atoms with van der Waals surface area (Å²) in [4.78, 5) is 18.5. The van der Waals surface area contributed by atoms with E-state index in [2.05, 4.69) is 21.2 Å². The molecular weight excluding hydrogens is 369 g/mol. The summed E-state index contributed by atoms with van der Waals surface area (Å²) in [6, 6.07) is 15.8. The van der Waals surface area contributed by atoms with Crippen LogP contribution in [0.3, 0.4) is 0 Å². The Kier molecular flexibility index (Phi) is 7.04. The van der Waals surface area contributed by atoms with Crippen LogP contribution < -0.4 is 10.2 Å². The van der Waals surface area contributed by atoms with Gasteiger partial charge >= 0.3 is 6.03 Å². The Balaban J connectivity index is 1.36. The van der Waals surface area contributed by atoms with E-state index in [0.29, 0.717) is 18.7 Å². The highest BCUT2D eigenvalue weighted by Crippen LogP contribution is 2.16. The Morgan fingerprint density at radius 1 is 1.10 bits per heavy atom. The summed E-state index contributed by atoms with van der Waals surface area (Å²) >= 11 is 0. The molecule has 2 aromatic rings. The van der Waals surface area contributed by atoms with Crippen molar-refractivity contribution in [3.8, 4) is 6.07 Å². The van der Waals surface area contributed by atoms with Gasteiger partial charge in [-0.05, 0) is 42.0 Å². The van der Waals surface area contributed by atoms with Crippen LogP contribution in [0.1, 0.15) is 11.1 Å². The quantitative estimate of drug-likeness (QED) is 0.817. The van der Waals surface area contributed by atoms with Crippen LogP contribution in [0, 0.1) is 17.1 Å². The Hall–Kier alpha value is -3.11. The van der Waals surface area contributed by atoms with Gasteiger partial charge in [0.05, 0.1) is 11.6 Å². The summed E-state index contributed by atoms with van der Waals surface area (Å²) in [6.45, 7) is 5.48. The number of benzene rings is 2. The molecule has 0 saturated carbocycles. The third-order valence-corrected chi connectivity index (χ3v) is 5.12. The Bertz CT molecular complexity index is 839. The second kappa shape index (κ2) is 9.89. The van der Waals surface area contributed by atoms with Gasteiger partial charge in [0.25, 0.3) is 0 Å². The van der Waals surface area contributed by atoms with Crippen molar-refractivity contribution >= 4 is 11.7 Å². The van der Waals surface area contributed by atoms with Crippen molar-refractivity contribution < 1.29 is 9.18 Å². The first-order valence-corrected chi connectivity index (χ1v) is 9.76. The molecule has 1 saturated heterocycles. The molecule has 0 bridgehead atoms. The van der Waals surface area contributed by atoms with Gasteiger partial charge in [0.2, 0.25) is 0 Å². The van der Waals surface area contributed by atoms with Crippen molar-refractivity contribution in [3.05, 3.63) is 65.5 Å². The highest BCUT2D eigenvalue weighted by atomic mass is 19.1. The lowest BCUT2D eigenvalue weighted by Crippen LogP contribution is -2.49. The fraction of sp³-hybridized carbons (Fsp3) is 0.364. The molecule has 1 heterocycles. The second-order valence-corrected chi connectivity index (χ2v) is 7.20. The van der Waals surface area contributed by atoms with E-state index in [1.807, 2.05) is 24.3 Å². The molecule has 1 N–H and O–H groups in total. The van der Waals surface area contributed by atoms with Crippen LogP contribution in [0.5, 0.6) is 0 Å². The molecule has 0 aliphatic carbocycles. The van der Waals surface area contributed by atoms with Gasteiger partial charge in [-0.25, -0.2) is 9.18 Å². The van der Waals surface area contributed by atoms with Crippen molar-refractivity contribution in [3.63, 3.8) is 0 Å². The molecule has 2 aromatic carbocycles. The average molecular weight is 395 g/mol. The molecule has 6 nitrogen and oxygen atoms in total. The van der Waals surface area contributed by atoms with Crippen LogP contribution in [0.15, 0.2) is 48.5 Å². The third kappa shape index (κ3) is 5.93. The molecule has 0 radical (unpaired) electrons. The van der Waals surface area contributed by atoms with Gasteiger partial charge in [0.1, 0.15) is 5.82 Å². The minimum atomic E-state index is -0.215. The van der Waals surface area contributed by atoms with E-state index < -0.39 is 0 Å². The fourth-order valence-corrected chi connectivity index (χ4v) is 3.37. The van der Waals surface area contributed by atoms with Gasteiger partial charge in [0.15, 0.2) is 0 Å². The number of halogens is 1. The topological polar surface area (TPSA) is 62.6 Å². The van der Waals surface area contributed by atoms with Crippen molar-refractivity contribution in [1.29, 1.82) is 5.26 Å². The second-order valence-electron chi connectivity index (χ2n) is 7.20. The highest BCUT2D eigenvalue weighted by molar-refractivity contribution is 5.73. The van der Waals surface area contributed by atoms with E-state index in [9.17, 15) is 9.18 Å². The molecule has 1 aliphatic heterocycles. The zero-order chi connectivity index (χ0) is 20.6. The van der Waals surface area contributed by atoms with Crippen molar-refractivity contribution in [1.82, 2.24) is 15.1 Å². The minimum Gasteiger partial charge on any atom is -0.369 e. The average Bonchev–Trinajstić information content (AvgIpc) is 2.75. The number of rotatable bonds is 6. The molecule has 3 rings (SSSR count). The van der Waals surface area contributed by atoms with E-state index in [4.69, 9.17) is 5.26 Å². The maximum absolute atomic E-state index is 13.1. The smallest absolute Gasteiger partial charge is 0.317 e. The molecule has 7 heteroatoms. The molecule has 0 aromatic heterocycles. The van der Waals surface area contributed by atoms with Crippen LogP contribution >= 0.6 is 0 Å². The molecule has 29 heavy (non-hydrogen) atoms. The molecule has 1 fully saturated rings. The molecular formula is C22H26FN5O. The number of nitrogens with zero attached hydrogens (tertiary/aromatic N) is 4. The van der Waals surface area contributed by atoms with Gasteiger partial charge in [0, 0.05) is 58.5 Å². The molecule has 0 spiro atoms. The summed E-state index contributed by atoms with van der Waals surface area (Å²) in [5.41, 5.74) is 2.64. The largest absolute Gasteiger partial charge is 0.369 e. The van der Waals surface area contributed by atoms with Crippen LogP contribution in [-0.4, -0.2) is 62.1 Å². The number of nitrogens with one attached hydrogen (secondary N) is 1. The maximum atomic E-state index is 13.1. The van der Waals surface area contributed by atoms with Crippen LogP contribution in [0.4, 0.5) is 14.9 Å². The zero-order valence-corrected chi connectivity index (χ0v) is 16.6. The maximum Gasteiger partial charge on any atom is 0.317 e. The number of carbonyl (C=O) groups is 1. The van der Waals surface area contributed by atoms with E-state index >= 15 is 0 Å². The standard InChI is InChI=1S/C22H26FN5O/c1-26(17-19-4-2-18(16-24)3-5-19)22(29)25-10-11-27-12-14-28(15-13-27)21-8-6-20(23)7-9-21/h2-9H,10-15,17H2,1H3,(H,25,29). The lowest BCUT2D eigenvalue weighted by Gasteiger charge is -2.36. The fourth-order valence-electron chi connectivity index (χ4n) is 3.37. The first-order valence-electron chi connectivity index (χ1n) is 9.76. The number of anilines is 1. The van der Waals surface area contributed by atoms with E-state index in [-0.39, 0.29) is 11.8 Å². The number of hydrogen-bond acceptors (Lipinski definition) is 4. The van der Waals surface area contributed by atoms with Crippen LogP contribution in [-0.2, 0) is 6.54 Å². The first-order chi connectivity index (χ1) is 14.0. The number of amides is 2. The number of urea groups is 1. The van der Waals surface area contributed by atoms with E-state index in [1.54, 1.807) is 24.1 Å². The predicted octanol–water partition coefficient (Wildman–Crippen LogP) is 2.66. The number of carbonyl (C=O) groups excluding carboxylic acids is 1. The van der Waals surface area contributed by atoms with Gasteiger partial charge in [-0.2, -0.15) is 5.26 Å². The molecule has 2 amide bonds. The predicted molar refractivity (Wildman–Crippen MR) is 111 cm³/mol. The lowest BCUT2D eigenvalue weighted by atomic mass is 10.1. The van der Waals surface area contributed by atoms with E-state index in [0.717, 1.165) is 44.0 Å². The number of hydrogen-bond donors (Lipinski definition) is 1. The molecule has 0 atom stereocenters. The van der Waals surface area contributed by atoms with Crippen LogP contribution in [0.2, 0.25) is 0 Å². The van der Waals surface area contributed by atoms with Crippen molar-refractivity contribution in [2.75, 3.05) is 51.2 Å². The normalized spacial score (nSPS) is 14.3. The molecule has 0 unspecified atom stereocenters. The zero-order valence-electron chi connectivity index (χ0n) is 16.6. The molecule has 1 aliphatic rings. The van der Waals surface area contributed by atoms with E-state index in [1.165, 1.54) is 12.1 Å². The number of piperazine rings is 1. The highest BCUT2D eigenvalue weighted by Gasteiger charge is 2.17. The SMILES string of the molecule is CN(Cc1ccc(C#N)cc1)C(=O)NCCN1CCN(c2ccc(F)cc2)CC1. The summed E-state index contributed by atoms with van der Waals surface area (Å²) in [5.74, 6) is -0.215. The summed E-state index contributed by atoms with van der Waals surface area (Å²) < 4.78 is 13.1. The number of nitriles is 1.